The molecular weight excluding hydrogens is 224 g/mol. The number of rotatable bonds is 3. The van der Waals surface area contributed by atoms with Crippen LogP contribution in [0.1, 0.15) is 24.8 Å². The van der Waals surface area contributed by atoms with Crippen LogP contribution in [0.25, 0.3) is 0 Å². The molecule has 1 fully saturated rings. The Morgan fingerprint density at radius 3 is 2.56 bits per heavy atom. The number of likely N-dealkylation sites (N-methyl/N-ethyl adjacent to an activating group) is 1. The molecule has 3 heteroatoms. The third-order valence-corrected chi connectivity index (χ3v) is 3.84. The predicted molar refractivity (Wildman–Crippen MR) is 74.4 cm³/mol. The van der Waals surface area contributed by atoms with Gasteiger partial charge >= 0.3 is 0 Å². The van der Waals surface area contributed by atoms with E-state index in [0.717, 1.165) is 28.8 Å². The minimum atomic E-state index is 0.133. The number of nitrogens with one attached hydrogen (secondary N) is 1. The number of hydrogen-bond acceptors (Lipinski definition) is 1. The number of quaternary nitrogens is 1. The van der Waals surface area contributed by atoms with Crippen molar-refractivity contribution in [1.29, 1.82) is 0 Å². The molecule has 0 unspecified atom stereocenters. The Kier molecular flexibility index (Phi) is 4.02. The zero-order chi connectivity index (χ0) is 13.0. The Morgan fingerprint density at radius 2 is 1.89 bits per heavy atom. The topological polar surface area (TPSA) is 29.1 Å². The van der Waals surface area contributed by atoms with Crippen molar-refractivity contribution >= 4 is 11.6 Å². The van der Waals surface area contributed by atoms with Gasteiger partial charge in [-0.3, -0.25) is 4.79 Å². The van der Waals surface area contributed by atoms with Gasteiger partial charge in [-0.05, 0) is 37.8 Å². The standard InChI is InChI=1S/C15H22N2O/c1-13-8-4-5-9-14(13)16-15(18)12-17(2)10-6-3-7-11-17/h4-5,8-9H,3,6-7,10-12H2,1-2H3/p+1. The first-order valence-electron chi connectivity index (χ1n) is 6.78. The molecule has 98 valence electrons. The normalized spacial score (nSPS) is 18.3. The molecule has 1 aliphatic heterocycles. The molecule has 1 aromatic rings. The van der Waals surface area contributed by atoms with Gasteiger partial charge in [-0.1, -0.05) is 18.2 Å². The van der Waals surface area contributed by atoms with E-state index in [2.05, 4.69) is 12.4 Å². The van der Waals surface area contributed by atoms with E-state index in [4.69, 9.17) is 0 Å². The van der Waals surface area contributed by atoms with Gasteiger partial charge in [0, 0.05) is 5.69 Å². The van der Waals surface area contributed by atoms with Gasteiger partial charge in [0.2, 0.25) is 0 Å². The summed E-state index contributed by atoms with van der Waals surface area (Å²) >= 11 is 0. The highest BCUT2D eigenvalue weighted by atomic mass is 16.2. The lowest BCUT2D eigenvalue weighted by Crippen LogP contribution is -2.52. The molecule has 0 radical (unpaired) electrons. The van der Waals surface area contributed by atoms with Crippen LogP contribution in [0.5, 0.6) is 0 Å². The third kappa shape index (κ3) is 3.33. The molecule has 1 amide bonds. The Labute approximate surface area is 109 Å². The van der Waals surface area contributed by atoms with Crippen LogP contribution in [-0.4, -0.2) is 37.1 Å². The fourth-order valence-corrected chi connectivity index (χ4v) is 2.68. The van der Waals surface area contributed by atoms with Crippen LogP contribution < -0.4 is 5.32 Å². The number of para-hydroxylation sites is 1. The van der Waals surface area contributed by atoms with Gasteiger partial charge in [0.25, 0.3) is 5.91 Å². The largest absolute Gasteiger partial charge is 0.321 e. The number of carbonyl (C=O) groups excluding carboxylic acids is 1. The maximum Gasteiger partial charge on any atom is 0.279 e. The zero-order valence-electron chi connectivity index (χ0n) is 11.4. The number of carbonyl (C=O) groups is 1. The van der Waals surface area contributed by atoms with E-state index in [1.165, 1.54) is 19.3 Å². The van der Waals surface area contributed by atoms with E-state index < -0.39 is 0 Å². The molecule has 18 heavy (non-hydrogen) atoms. The first-order valence-corrected chi connectivity index (χ1v) is 6.78. The van der Waals surface area contributed by atoms with E-state index in [0.29, 0.717) is 6.54 Å². The number of nitrogens with zero attached hydrogens (tertiary/aromatic N) is 1. The van der Waals surface area contributed by atoms with Crippen molar-refractivity contribution in [2.24, 2.45) is 0 Å². The van der Waals surface area contributed by atoms with Crippen molar-refractivity contribution in [2.75, 3.05) is 32.0 Å². The summed E-state index contributed by atoms with van der Waals surface area (Å²) in [4.78, 5) is 12.1. The lowest BCUT2D eigenvalue weighted by atomic mass is 10.1. The molecule has 1 aliphatic rings. The van der Waals surface area contributed by atoms with Crippen molar-refractivity contribution in [1.82, 2.24) is 0 Å². The number of amides is 1. The van der Waals surface area contributed by atoms with Gasteiger partial charge in [-0.15, -0.1) is 0 Å². The number of anilines is 1. The van der Waals surface area contributed by atoms with Gasteiger partial charge in [0.1, 0.15) is 0 Å². The van der Waals surface area contributed by atoms with E-state index in [9.17, 15) is 4.79 Å². The summed E-state index contributed by atoms with van der Waals surface area (Å²) in [6, 6.07) is 7.93. The molecular formula is C15H23N2O+. The van der Waals surface area contributed by atoms with Gasteiger partial charge in [0.05, 0.1) is 20.1 Å². The first-order chi connectivity index (χ1) is 8.59. The smallest absolute Gasteiger partial charge is 0.279 e. The Balaban J connectivity index is 1.94. The van der Waals surface area contributed by atoms with Crippen LogP contribution >= 0.6 is 0 Å². The molecule has 0 spiro atoms. The number of hydrogen-bond donors (Lipinski definition) is 1. The maximum absolute atomic E-state index is 12.1. The number of benzene rings is 1. The predicted octanol–water partition coefficient (Wildman–Crippen LogP) is 2.56. The first kappa shape index (κ1) is 13.1. The van der Waals surface area contributed by atoms with Crippen molar-refractivity contribution in [3.8, 4) is 0 Å². The summed E-state index contributed by atoms with van der Waals surface area (Å²) in [5.41, 5.74) is 2.05. The van der Waals surface area contributed by atoms with Crippen LogP contribution in [0.15, 0.2) is 24.3 Å². The summed E-state index contributed by atoms with van der Waals surface area (Å²) < 4.78 is 0.887. The van der Waals surface area contributed by atoms with E-state index in [1.54, 1.807) is 0 Å². The van der Waals surface area contributed by atoms with Gasteiger partial charge < -0.3 is 9.80 Å². The fourth-order valence-electron chi connectivity index (χ4n) is 2.68. The summed E-state index contributed by atoms with van der Waals surface area (Å²) in [7, 11) is 2.19. The average Bonchev–Trinajstić information content (AvgIpc) is 2.32. The number of aryl methyl sites for hydroxylation is 1. The molecule has 0 bridgehead atoms. The monoisotopic (exact) mass is 247 g/mol. The number of piperidine rings is 1. The molecule has 0 saturated carbocycles. The molecule has 0 atom stereocenters. The van der Waals surface area contributed by atoms with Crippen molar-refractivity contribution in [3.63, 3.8) is 0 Å². The van der Waals surface area contributed by atoms with Gasteiger partial charge in [0.15, 0.2) is 6.54 Å². The number of likely N-dealkylation sites (tertiary alicyclic amines) is 1. The van der Waals surface area contributed by atoms with Crippen LogP contribution in [0.2, 0.25) is 0 Å². The molecule has 1 saturated heterocycles. The van der Waals surface area contributed by atoms with E-state index in [1.807, 2.05) is 31.2 Å². The molecule has 2 rings (SSSR count). The van der Waals surface area contributed by atoms with E-state index in [-0.39, 0.29) is 5.91 Å². The summed E-state index contributed by atoms with van der Waals surface area (Å²) in [6.07, 6.45) is 3.80. The van der Waals surface area contributed by atoms with Crippen LogP contribution in [-0.2, 0) is 4.79 Å². The van der Waals surface area contributed by atoms with Crippen molar-refractivity contribution in [2.45, 2.75) is 26.2 Å². The molecule has 0 aliphatic carbocycles. The average molecular weight is 247 g/mol. The molecule has 3 nitrogen and oxygen atoms in total. The van der Waals surface area contributed by atoms with Crippen LogP contribution in [0, 0.1) is 6.92 Å². The molecule has 1 aromatic carbocycles. The second kappa shape index (κ2) is 5.53. The summed E-state index contributed by atoms with van der Waals surface area (Å²) in [5, 5.41) is 3.03. The molecule has 1 N–H and O–H groups in total. The second-order valence-electron chi connectivity index (χ2n) is 5.65. The maximum atomic E-state index is 12.1. The summed E-state index contributed by atoms with van der Waals surface area (Å²) in [5.74, 6) is 0.133. The highest BCUT2D eigenvalue weighted by Gasteiger charge is 2.27. The lowest BCUT2D eigenvalue weighted by Gasteiger charge is -2.37. The van der Waals surface area contributed by atoms with Crippen LogP contribution in [0.4, 0.5) is 5.69 Å². The van der Waals surface area contributed by atoms with Crippen molar-refractivity contribution in [3.05, 3.63) is 29.8 Å². The third-order valence-electron chi connectivity index (χ3n) is 3.84. The van der Waals surface area contributed by atoms with Gasteiger partial charge in [-0.2, -0.15) is 0 Å². The minimum Gasteiger partial charge on any atom is -0.321 e. The van der Waals surface area contributed by atoms with Crippen LogP contribution in [0.3, 0.4) is 0 Å². The minimum absolute atomic E-state index is 0.133. The second-order valence-corrected chi connectivity index (χ2v) is 5.65. The Morgan fingerprint density at radius 1 is 1.22 bits per heavy atom. The highest BCUT2D eigenvalue weighted by Crippen LogP contribution is 2.17. The fraction of sp³-hybridized carbons (Fsp3) is 0.533. The highest BCUT2D eigenvalue weighted by molar-refractivity contribution is 5.92. The SMILES string of the molecule is Cc1ccccc1NC(=O)C[N+]1(C)CCCCC1. The quantitative estimate of drug-likeness (QED) is 0.817. The molecule has 0 aromatic heterocycles. The van der Waals surface area contributed by atoms with E-state index >= 15 is 0 Å². The molecule has 1 heterocycles. The van der Waals surface area contributed by atoms with Gasteiger partial charge in [-0.25, -0.2) is 0 Å². The lowest BCUT2D eigenvalue weighted by molar-refractivity contribution is -0.906. The Bertz CT molecular complexity index is 422. The van der Waals surface area contributed by atoms with Crippen molar-refractivity contribution < 1.29 is 9.28 Å². The zero-order valence-corrected chi connectivity index (χ0v) is 11.4. The Hall–Kier alpha value is -1.35. The summed E-state index contributed by atoms with van der Waals surface area (Å²) in [6.45, 7) is 4.86.